The van der Waals surface area contributed by atoms with Crippen LogP contribution in [0.15, 0.2) is 78.9 Å². The molecule has 0 aliphatic heterocycles. The second-order valence-corrected chi connectivity index (χ2v) is 7.46. The molecule has 3 aromatic carbocycles. The van der Waals surface area contributed by atoms with Crippen LogP contribution in [0.5, 0.6) is 0 Å². The highest BCUT2D eigenvalue weighted by Crippen LogP contribution is 2.34. The number of hydrogen-bond donors (Lipinski definition) is 0. The van der Waals surface area contributed by atoms with Gasteiger partial charge in [0.25, 0.3) is 0 Å². The van der Waals surface area contributed by atoms with E-state index in [2.05, 4.69) is 0 Å². The summed E-state index contributed by atoms with van der Waals surface area (Å²) in [6.45, 7) is 3.92. The van der Waals surface area contributed by atoms with Crippen molar-refractivity contribution in [2.75, 3.05) is 0 Å². The molecular weight excluding hydrogens is 378 g/mol. The normalized spacial score (nSPS) is 11.3. The van der Waals surface area contributed by atoms with Crippen molar-refractivity contribution in [1.82, 2.24) is 4.98 Å². The number of pyridine rings is 1. The Balaban J connectivity index is 1.90. The van der Waals surface area contributed by atoms with Crippen LogP contribution in [0.4, 0.5) is 0 Å². The van der Waals surface area contributed by atoms with E-state index in [1.54, 1.807) is 6.08 Å². The summed E-state index contributed by atoms with van der Waals surface area (Å²) in [6.07, 6.45) is 3.51. The van der Waals surface area contributed by atoms with Crippen molar-refractivity contribution in [1.29, 1.82) is 0 Å². The standard InChI is InChI=1S/C26H20ClNO/c1-17-7-3-4-8-19(17)13-16-24(29)25-18(2)28-23-10-6-5-9-22(23)26(25)20-11-14-21(27)15-12-20/h3-16H,1-2H3. The van der Waals surface area contributed by atoms with Gasteiger partial charge in [-0.15, -0.1) is 0 Å². The molecule has 0 aliphatic carbocycles. The summed E-state index contributed by atoms with van der Waals surface area (Å²) in [4.78, 5) is 18.0. The number of aryl methyl sites for hydroxylation is 2. The first-order valence-electron chi connectivity index (χ1n) is 9.48. The van der Waals surface area contributed by atoms with Crippen LogP contribution in [0.2, 0.25) is 5.02 Å². The van der Waals surface area contributed by atoms with Crippen molar-refractivity contribution in [2.24, 2.45) is 0 Å². The van der Waals surface area contributed by atoms with E-state index in [0.717, 1.165) is 33.2 Å². The molecule has 1 aromatic heterocycles. The Morgan fingerprint density at radius 1 is 0.897 bits per heavy atom. The molecule has 0 saturated carbocycles. The summed E-state index contributed by atoms with van der Waals surface area (Å²) >= 11 is 6.09. The highest BCUT2D eigenvalue weighted by atomic mass is 35.5. The summed E-state index contributed by atoms with van der Waals surface area (Å²) < 4.78 is 0. The number of carbonyl (C=O) groups excluding carboxylic acids is 1. The molecule has 4 rings (SSSR count). The molecule has 0 amide bonds. The predicted molar refractivity (Wildman–Crippen MR) is 121 cm³/mol. The van der Waals surface area contributed by atoms with Crippen LogP contribution in [-0.2, 0) is 0 Å². The minimum absolute atomic E-state index is 0.0612. The Morgan fingerprint density at radius 2 is 1.59 bits per heavy atom. The van der Waals surface area contributed by atoms with E-state index in [1.807, 2.05) is 92.7 Å². The Bertz CT molecular complexity index is 1240. The van der Waals surface area contributed by atoms with Gasteiger partial charge in [0.1, 0.15) is 0 Å². The number of halogens is 1. The number of para-hydroxylation sites is 1. The highest BCUT2D eigenvalue weighted by molar-refractivity contribution is 6.30. The van der Waals surface area contributed by atoms with Gasteiger partial charge >= 0.3 is 0 Å². The number of hydrogen-bond acceptors (Lipinski definition) is 2. The van der Waals surface area contributed by atoms with Crippen molar-refractivity contribution >= 4 is 34.4 Å². The molecule has 29 heavy (non-hydrogen) atoms. The van der Waals surface area contributed by atoms with Crippen LogP contribution in [0.25, 0.3) is 28.1 Å². The predicted octanol–water partition coefficient (Wildman–Crippen LogP) is 7.07. The molecule has 0 spiro atoms. The fourth-order valence-corrected chi connectivity index (χ4v) is 3.70. The van der Waals surface area contributed by atoms with Crippen LogP contribution >= 0.6 is 11.6 Å². The van der Waals surface area contributed by atoms with E-state index in [1.165, 1.54) is 0 Å². The lowest BCUT2D eigenvalue weighted by Crippen LogP contribution is -2.05. The summed E-state index contributed by atoms with van der Waals surface area (Å²) in [7, 11) is 0. The first-order valence-corrected chi connectivity index (χ1v) is 9.86. The molecular formula is C26H20ClNO. The first-order chi connectivity index (χ1) is 14.0. The summed E-state index contributed by atoms with van der Waals surface area (Å²) in [5.41, 5.74) is 6.20. The molecule has 0 saturated heterocycles. The molecule has 1 heterocycles. The average molecular weight is 398 g/mol. The third kappa shape index (κ3) is 3.85. The summed E-state index contributed by atoms with van der Waals surface area (Å²) in [5.74, 6) is -0.0612. The second-order valence-electron chi connectivity index (χ2n) is 7.03. The van der Waals surface area contributed by atoms with Crippen LogP contribution in [0.1, 0.15) is 27.2 Å². The van der Waals surface area contributed by atoms with Gasteiger partial charge in [0, 0.05) is 21.7 Å². The van der Waals surface area contributed by atoms with Crippen LogP contribution in [0, 0.1) is 13.8 Å². The quantitative estimate of drug-likeness (QED) is 0.272. The van der Waals surface area contributed by atoms with Gasteiger partial charge in [-0.05, 0) is 54.8 Å². The number of allylic oxidation sites excluding steroid dienone is 1. The van der Waals surface area contributed by atoms with Gasteiger partial charge in [-0.3, -0.25) is 9.78 Å². The Morgan fingerprint density at radius 3 is 2.34 bits per heavy atom. The van der Waals surface area contributed by atoms with Crippen molar-refractivity contribution in [2.45, 2.75) is 13.8 Å². The van der Waals surface area contributed by atoms with Gasteiger partial charge in [-0.25, -0.2) is 0 Å². The van der Waals surface area contributed by atoms with E-state index in [-0.39, 0.29) is 5.78 Å². The fraction of sp³-hybridized carbons (Fsp3) is 0.0769. The third-order valence-corrected chi connectivity index (χ3v) is 5.31. The minimum atomic E-state index is -0.0612. The number of aromatic nitrogens is 1. The van der Waals surface area contributed by atoms with Gasteiger partial charge < -0.3 is 0 Å². The zero-order valence-corrected chi connectivity index (χ0v) is 17.1. The number of benzene rings is 3. The first kappa shape index (κ1) is 19.1. The molecule has 0 bridgehead atoms. The van der Waals surface area contributed by atoms with Gasteiger partial charge in [0.05, 0.1) is 11.1 Å². The van der Waals surface area contributed by atoms with Crippen molar-refractivity contribution in [3.8, 4) is 11.1 Å². The average Bonchev–Trinajstić information content (AvgIpc) is 2.72. The number of fused-ring (bicyclic) bond motifs is 1. The monoisotopic (exact) mass is 397 g/mol. The lowest BCUT2D eigenvalue weighted by molar-refractivity contribution is 0.104. The topological polar surface area (TPSA) is 30.0 Å². The van der Waals surface area contributed by atoms with Gasteiger partial charge in [-0.1, -0.05) is 72.3 Å². The van der Waals surface area contributed by atoms with Crippen molar-refractivity contribution in [3.05, 3.63) is 106 Å². The molecule has 142 valence electrons. The summed E-state index contributed by atoms with van der Waals surface area (Å²) in [5, 5.41) is 1.62. The smallest absolute Gasteiger partial charge is 0.188 e. The molecule has 0 radical (unpaired) electrons. The lowest BCUT2D eigenvalue weighted by Gasteiger charge is -2.14. The van der Waals surface area contributed by atoms with E-state index >= 15 is 0 Å². The van der Waals surface area contributed by atoms with Crippen molar-refractivity contribution < 1.29 is 4.79 Å². The maximum absolute atomic E-state index is 13.3. The SMILES string of the molecule is Cc1ccccc1C=CC(=O)c1c(C)nc2ccccc2c1-c1ccc(Cl)cc1. The minimum Gasteiger partial charge on any atom is -0.289 e. The molecule has 0 atom stereocenters. The molecule has 2 nitrogen and oxygen atoms in total. The highest BCUT2D eigenvalue weighted by Gasteiger charge is 2.18. The van der Waals surface area contributed by atoms with E-state index in [4.69, 9.17) is 16.6 Å². The maximum atomic E-state index is 13.3. The fourth-order valence-electron chi connectivity index (χ4n) is 3.58. The second kappa shape index (κ2) is 8.02. The van der Waals surface area contributed by atoms with Gasteiger partial charge in [-0.2, -0.15) is 0 Å². The van der Waals surface area contributed by atoms with Gasteiger partial charge in [0.2, 0.25) is 0 Å². The van der Waals surface area contributed by atoms with Gasteiger partial charge in [0.15, 0.2) is 5.78 Å². The number of ketones is 1. The van der Waals surface area contributed by atoms with Crippen molar-refractivity contribution in [3.63, 3.8) is 0 Å². The number of carbonyl (C=O) groups is 1. The number of nitrogens with zero attached hydrogens (tertiary/aromatic N) is 1. The maximum Gasteiger partial charge on any atom is 0.188 e. The zero-order valence-electron chi connectivity index (χ0n) is 16.3. The molecule has 3 heteroatoms. The summed E-state index contributed by atoms with van der Waals surface area (Å²) in [6, 6.07) is 23.5. The Kier molecular flexibility index (Phi) is 5.28. The number of rotatable bonds is 4. The Hall–Kier alpha value is -3.23. The van der Waals surface area contributed by atoms with E-state index in [9.17, 15) is 4.79 Å². The lowest BCUT2D eigenvalue weighted by atomic mass is 9.92. The third-order valence-electron chi connectivity index (χ3n) is 5.06. The largest absolute Gasteiger partial charge is 0.289 e. The van der Waals surface area contributed by atoms with Crippen LogP contribution < -0.4 is 0 Å². The molecule has 0 aliphatic rings. The molecule has 0 fully saturated rings. The molecule has 0 N–H and O–H groups in total. The molecule has 4 aromatic rings. The van der Waals surface area contributed by atoms with Crippen LogP contribution in [0.3, 0.4) is 0 Å². The Labute approximate surface area is 175 Å². The molecule has 0 unspecified atom stereocenters. The van der Waals surface area contributed by atoms with Crippen LogP contribution in [-0.4, -0.2) is 10.8 Å². The van der Waals surface area contributed by atoms with E-state index in [0.29, 0.717) is 16.3 Å². The zero-order chi connectivity index (χ0) is 20.4. The van der Waals surface area contributed by atoms with E-state index < -0.39 is 0 Å².